The Hall–Kier alpha value is -3.06. The fraction of sp³-hybridized carbons (Fsp3) is 0.391. The lowest BCUT2D eigenvalue weighted by Crippen LogP contribution is -2.41. The first kappa shape index (κ1) is 23.2. The lowest BCUT2D eigenvalue weighted by Gasteiger charge is -2.14. The van der Waals surface area contributed by atoms with Gasteiger partial charge in [0, 0.05) is 31.7 Å². The predicted octanol–water partition coefficient (Wildman–Crippen LogP) is 2.53. The molecule has 0 aromatic heterocycles. The van der Waals surface area contributed by atoms with Gasteiger partial charge in [-0.2, -0.15) is 0 Å². The number of guanidine groups is 1. The Balaban J connectivity index is 1.67. The minimum absolute atomic E-state index is 0.138. The van der Waals surface area contributed by atoms with Crippen molar-refractivity contribution in [3.63, 3.8) is 0 Å². The highest BCUT2D eigenvalue weighted by Crippen LogP contribution is 2.09. The molecule has 30 heavy (non-hydrogen) atoms. The van der Waals surface area contributed by atoms with E-state index >= 15 is 0 Å². The summed E-state index contributed by atoms with van der Waals surface area (Å²) >= 11 is 0. The highest BCUT2D eigenvalue weighted by atomic mass is 16.5. The highest BCUT2D eigenvalue weighted by molar-refractivity contribution is 5.94. The van der Waals surface area contributed by atoms with Crippen LogP contribution < -0.4 is 16.0 Å². The van der Waals surface area contributed by atoms with Crippen molar-refractivity contribution in [3.8, 4) is 5.75 Å². The lowest BCUT2D eigenvalue weighted by atomic mass is 10.2. The number of carbonyl (C=O) groups is 1. The number of carbonyl (C=O) groups excluding carboxylic acids is 1. The zero-order valence-electron chi connectivity index (χ0n) is 17.7. The molecule has 2 aromatic carbocycles. The van der Waals surface area contributed by atoms with Crippen LogP contribution in [-0.4, -0.2) is 49.8 Å². The number of hydrogen-bond donors (Lipinski definition) is 4. The van der Waals surface area contributed by atoms with Gasteiger partial charge in [0.1, 0.15) is 5.75 Å². The maximum Gasteiger partial charge on any atom is 0.251 e. The second-order valence-electron chi connectivity index (χ2n) is 7.06. The zero-order chi connectivity index (χ0) is 21.6. The van der Waals surface area contributed by atoms with E-state index in [9.17, 15) is 9.90 Å². The van der Waals surface area contributed by atoms with E-state index in [4.69, 9.17) is 4.74 Å². The summed E-state index contributed by atoms with van der Waals surface area (Å²) in [5.74, 6) is 0.965. The molecule has 0 radical (unpaired) electrons. The SMILES string of the molecule is CCNC(=NCC(C)COCc1ccccc1)NCCNC(=O)c1ccc(O)cc1. The van der Waals surface area contributed by atoms with E-state index in [1.165, 1.54) is 12.1 Å². The van der Waals surface area contributed by atoms with Crippen LogP contribution in [-0.2, 0) is 11.3 Å². The number of ether oxygens (including phenoxy) is 1. The first-order chi connectivity index (χ1) is 14.6. The third-order valence-corrected chi connectivity index (χ3v) is 4.25. The van der Waals surface area contributed by atoms with Crippen molar-refractivity contribution in [2.75, 3.05) is 32.8 Å². The summed E-state index contributed by atoms with van der Waals surface area (Å²) < 4.78 is 5.77. The number of hydrogen-bond acceptors (Lipinski definition) is 4. The molecule has 4 N–H and O–H groups in total. The molecular formula is C23H32N4O3. The molecule has 1 unspecified atom stereocenters. The number of aliphatic imine (C=N–C) groups is 1. The van der Waals surface area contributed by atoms with Crippen molar-refractivity contribution in [1.82, 2.24) is 16.0 Å². The van der Waals surface area contributed by atoms with Crippen molar-refractivity contribution in [2.45, 2.75) is 20.5 Å². The van der Waals surface area contributed by atoms with Crippen LogP contribution in [0.2, 0.25) is 0 Å². The van der Waals surface area contributed by atoms with Crippen molar-refractivity contribution in [1.29, 1.82) is 0 Å². The van der Waals surface area contributed by atoms with E-state index in [2.05, 4.69) is 40.0 Å². The van der Waals surface area contributed by atoms with Gasteiger partial charge in [0.25, 0.3) is 5.91 Å². The Morgan fingerprint density at radius 2 is 1.73 bits per heavy atom. The van der Waals surface area contributed by atoms with Crippen LogP contribution in [0.15, 0.2) is 59.6 Å². The first-order valence-corrected chi connectivity index (χ1v) is 10.3. The number of rotatable bonds is 11. The van der Waals surface area contributed by atoms with Gasteiger partial charge in [0.15, 0.2) is 5.96 Å². The Kier molecular flexibility index (Phi) is 10.2. The number of benzene rings is 2. The van der Waals surface area contributed by atoms with Gasteiger partial charge in [0.2, 0.25) is 0 Å². The third kappa shape index (κ3) is 8.96. The van der Waals surface area contributed by atoms with Crippen LogP contribution >= 0.6 is 0 Å². The summed E-state index contributed by atoms with van der Waals surface area (Å²) in [6.45, 7) is 7.77. The Morgan fingerprint density at radius 3 is 2.43 bits per heavy atom. The molecule has 0 fully saturated rings. The summed E-state index contributed by atoms with van der Waals surface area (Å²) in [4.78, 5) is 16.7. The molecule has 7 heteroatoms. The molecule has 2 rings (SSSR count). The largest absolute Gasteiger partial charge is 0.508 e. The van der Waals surface area contributed by atoms with Crippen molar-refractivity contribution >= 4 is 11.9 Å². The second kappa shape index (κ2) is 13.2. The average molecular weight is 413 g/mol. The normalized spacial score (nSPS) is 12.3. The molecule has 0 heterocycles. The number of phenolic OH excluding ortho intramolecular Hbond substituents is 1. The third-order valence-electron chi connectivity index (χ3n) is 4.25. The Bertz CT molecular complexity index is 779. The maximum atomic E-state index is 12.1. The minimum Gasteiger partial charge on any atom is -0.508 e. The number of amides is 1. The van der Waals surface area contributed by atoms with Crippen LogP contribution in [0.1, 0.15) is 29.8 Å². The fourth-order valence-corrected chi connectivity index (χ4v) is 2.67. The summed E-state index contributed by atoms with van der Waals surface area (Å²) in [5, 5.41) is 18.5. The molecule has 0 aliphatic carbocycles. The number of nitrogens with one attached hydrogen (secondary N) is 3. The van der Waals surface area contributed by atoms with Crippen LogP contribution in [0.25, 0.3) is 0 Å². The van der Waals surface area contributed by atoms with E-state index < -0.39 is 0 Å². The van der Waals surface area contributed by atoms with Gasteiger partial charge >= 0.3 is 0 Å². The Morgan fingerprint density at radius 1 is 1.03 bits per heavy atom. The molecule has 7 nitrogen and oxygen atoms in total. The summed E-state index contributed by atoms with van der Waals surface area (Å²) in [6.07, 6.45) is 0. The monoisotopic (exact) mass is 412 g/mol. The van der Waals surface area contributed by atoms with E-state index in [0.717, 1.165) is 12.1 Å². The molecule has 162 valence electrons. The van der Waals surface area contributed by atoms with Gasteiger partial charge in [-0.25, -0.2) is 0 Å². The van der Waals surface area contributed by atoms with Gasteiger partial charge in [-0.1, -0.05) is 37.3 Å². The van der Waals surface area contributed by atoms with Crippen molar-refractivity contribution in [3.05, 3.63) is 65.7 Å². The van der Waals surface area contributed by atoms with E-state index in [1.807, 2.05) is 25.1 Å². The average Bonchev–Trinajstić information content (AvgIpc) is 2.76. The smallest absolute Gasteiger partial charge is 0.251 e. The molecule has 1 atom stereocenters. The molecular weight excluding hydrogens is 380 g/mol. The van der Waals surface area contributed by atoms with Gasteiger partial charge in [0.05, 0.1) is 13.2 Å². The summed E-state index contributed by atoms with van der Waals surface area (Å²) in [6, 6.07) is 16.3. The number of phenols is 1. The quantitative estimate of drug-likeness (QED) is 0.258. The van der Waals surface area contributed by atoms with Crippen LogP contribution in [0.3, 0.4) is 0 Å². The van der Waals surface area contributed by atoms with Gasteiger partial charge in [-0.05, 0) is 42.7 Å². The second-order valence-corrected chi connectivity index (χ2v) is 7.06. The standard InChI is InChI=1S/C23H32N4O3/c1-3-24-23(26-14-13-25-22(29)20-9-11-21(28)12-10-20)27-15-18(2)16-30-17-19-7-5-4-6-8-19/h4-12,18,28H,3,13-17H2,1-2H3,(H,25,29)(H2,24,26,27). The summed E-state index contributed by atoms with van der Waals surface area (Å²) in [7, 11) is 0. The van der Waals surface area contributed by atoms with Gasteiger partial charge < -0.3 is 25.8 Å². The van der Waals surface area contributed by atoms with Gasteiger partial charge in [-0.15, -0.1) is 0 Å². The molecule has 0 spiro atoms. The number of nitrogens with zero attached hydrogens (tertiary/aromatic N) is 1. The maximum absolute atomic E-state index is 12.1. The van der Waals surface area contributed by atoms with E-state index in [0.29, 0.717) is 50.3 Å². The van der Waals surface area contributed by atoms with Crippen molar-refractivity contribution in [2.24, 2.45) is 10.9 Å². The zero-order valence-corrected chi connectivity index (χ0v) is 17.7. The fourth-order valence-electron chi connectivity index (χ4n) is 2.67. The Labute approximate surface area is 178 Å². The predicted molar refractivity (Wildman–Crippen MR) is 120 cm³/mol. The van der Waals surface area contributed by atoms with Gasteiger partial charge in [-0.3, -0.25) is 9.79 Å². The molecule has 0 saturated heterocycles. The van der Waals surface area contributed by atoms with Crippen LogP contribution in [0, 0.1) is 5.92 Å². The van der Waals surface area contributed by atoms with Crippen LogP contribution in [0.5, 0.6) is 5.75 Å². The summed E-state index contributed by atoms with van der Waals surface area (Å²) in [5.41, 5.74) is 1.68. The molecule has 2 aromatic rings. The molecule has 0 saturated carbocycles. The minimum atomic E-state index is -0.178. The highest BCUT2D eigenvalue weighted by Gasteiger charge is 2.06. The van der Waals surface area contributed by atoms with Crippen molar-refractivity contribution < 1.29 is 14.6 Å². The number of aromatic hydroxyl groups is 1. The van der Waals surface area contributed by atoms with E-state index in [1.54, 1.807) is 12.1 Å². The molecule has 0 aliphatic rings. The molecule has 1 amide bonds. The lowest BCUT2D eigenvalue weighted by molar-refractivity contribution is 0.0944. The topological polar surface area (TPSA) is 95.0 Å². The molecule has 0 aliphatic heterocycles. The molecule has 0 bridgehead atoms. The first-order valence-electron chi connectivity index (χ1n) is 10.3. The van der Waals surface area contributed by atoms with E-state index in [-0.39, 0.29) is 11.7 Å². The van der Waals surface area contributed by atoms with Crippen LogP contribution in [0.4, 0.5) is 0 Å².